The highest BCUT2D eigenvalue weighted by Crippen LogP contribution is 2.35. The van der Waals surface area contributed by atoms with Gasteiger partial charge in [-0.15, -0.1) is 0 Å². The number of ether oxygens (including phenoxy) is 1. The first-order chi connectivity index (χ1) is 11.5. The van der Waals surface area contributed by atoms with Crippen LogP contribution in [0.3, 0.4) is 0 Å². The molecule has 0 aromatic heterocycles. The normalized spacial score (nSPS) is 10.9. The lowest BCUT2D eigenvalue weighted by molar-refractivity contribution is -0.138. The number of carbonyl (C=O) groups excluding carboxylic acids is 1. The molecule has 126 valence electrons. The maximum Gasteiger partial charge on any atom is 0.469 e. The van der Waals surface area contributed by atoms with Gasteiger partial charge in [0, 0.05) is 6.08 Å². The Kier molecular flexibility index (Phi) is 6.46. The van der Waals surface area contributed by atoms with E-state index in [0.717, 1.165) is 11.1 Å². The predicted octanol–water partition coefficient (Wildman–Crippen LogP) is 2.77. The number of rotatable bonds is 7. The van der Waals surface area contributed by atoms with E-state index in [4.69, 9.17) is 14.5 Å². The molecule has 0 atom stereocenters. The lowest BCUT2D eigenvalue weighted by Gasteiger charge is -2.09. The van der Waals surface area contributed by atoms with Crippen LogP contribution in [-0.2, 0) is 18.6 Å². The van der Waals surface area contributed by atoms with Crippen molar-refractivity contribution in [2.24, 2.45) is 0 Å². The average Bonchev–Trinajstić information content (AvgIpc) is 2.57. The van der Waals surface area contributed by atoms with E-state index in [1.54, 1.807) is 0 Å². The highest BCUT2D eigenvalue weighted by Gasteiger charge is 2.14. The Labute approximate surface area is 139 Å². The number of hydrogen-bond acceptors (Lipinski definition) is 4. The minimum absolute atomic E-state index is 0.253. The summed E-state index contributed by atoms with van der Waals surface area (Å²) in [7, 11) is -4.56. The van der Waals surface area contributed by atoms with Crippen LogP contribution in [0.15, 0.2) is 66.7 Å². The van der Waals surface area contributed by atoms with Crippen LogP contribution in [0.1, 0.15) is 11.1 Å². The van der Waals surface area contributed by atoms with Crippen molar-refractivity contribution in [2.45, 2.75) is 0 Å². The Bertz CT molecular complexity index is 695. The maximum atomic E-state index is 12.0. The van der Waals surface area contributed by atoms with E-state index in [1.807, 2.05) is 60.7 Å². The maximum absolute atomic E-state index is 12.0. The molecule has 0 aliphatic heterocycles. The summed E-state index contributed by atoms with van der Waals surface area (Å²) in [5, 5.41) is 0. The molecule has 6 nitrogen and oxygen atoms in total. The third-order valence-electron chi connectivity index (χ3n) is 3.02. The Morgan fingerprint density at radius 3 is 1.88 bits per heavy atom. The van der Waals surface area contributed by atoms with Crippen LogP contribution in [0.5, 0.6) is 0 Å². The molecule has 0 saturated heterocycles. The molecule has 2 N–H and O–H groups in total. The lowest BCUT2D eigenvalue weighted by atomic mass is 9.98. The standard InChI is InChI=1S/C17H17O6P/c18-17(22-11-12-23-24(19,20)21)13-16(14-7-3-1-4-8-14)15-9-5-2-6-10-15/h1-10,13H,11-12H2,(H2,19,20,21). The SMILES string of the molecule is O=C(C=C(c1ccccc1)c1ccccc1)OCCOP(=O)(O)O. The molecule has 0 spiro atoms. The molecule has 24 heavy (non-hydrogen) atoms. The van der Waals surface area contributed by atoms with E-state index in [-0.39, 0.29) is 13.2 Å². The van der Waals surface area contributed by atoms with Crippen LogP contribution in [0, 0.1) is 0 Å². The van der Waals surface area contributed by atoms with E-state index in [1.165, 1.54) is 6.08 Å². The molecule has 0 radical (unpaired) electrons. The smallest absolute Gasteiger partial charge is 0.460 e. The first-order valence-corrected chi connectivity index (χ1v) is 8.68. The average molecular weight is 348 g/mol. The molecule has 0 saturated carbocycles. The predicted molar refractivity (Wildman–Crippen MR) is 88.9 cm³/mol. The zero-order valence-corrected chi connectivity index (χ0v) is 13.6. The zero-order chi connectivity index (χ0) is 17.4. The molecule has 0 fully saturated rings. The van der Waals surface area contributed by atoms with Crippen molar-refractivity contribution in [3.8, 4) is 0 Å². The van der Waals surface area contributed by atoms with E-state index in [9.17, 15) is 9.36 Å². The quantitative estimate of drug-likeness (QED) is 0.346. The van der Waals surface area contributed by atoms with Gasteiger partial charge in [0.15, 0.2) is 0 Å². The summed E-state index contributed by atoms with van der Waals surface area (Å²) >= 11 is 0. The fourth-order valence-electron chi connectivity index (χ4n) is 2.03. The van der Waals surface area contributed by atoms with Crippen LogP contribution < -0.4 is 0 Å². The Morgan fingerprint density at radius 2 is 1.42 bits per heavy atom. The summed E-state index contributed by atoms with van der Waals surface area (Å²) in [5.74, 6) is -0.619. The van der Waals surface area contributed by atoms with Crippen molar-refractivity contribution < 1.29 is 28.4 Å². The van der Waals surface area contributed by atoms with Gasteiger partial charge in [0.2, 0.25) is 0 Å². The van der Waals surface area contributed by atoms with Gasteiger partial charge in [0.1, 0.15) is 6.61 Å². The monoisotopic (exact) mass is 348 g/mol. The second-order valence-corrected chi connectivity index (χ2v) is 6.02. The van der Waals surface area contributed by atoms with Crippen LogP contribution in [0.2, 0.25) is 0 Å². The summed E-state index contributed by atoms with van der Waals surface area (Å²) in [4.78, 5) is 29.1. The Balaban J connectivity index is 2.11. The topological polar surface area (TPSA) is 93.1 Å². The van der Waals surface area contributed by atoms with Crippen LogP contribution >= 0.6 is 7.82 Å². The number of carbonyl (C=O) groups is 1. The molecular formula is C17H17O6P. The summed E-state index contributed by atoms with van der Waals surface area (Å²) < 4.78 is 19.7. The van der Waals surface area contributed by atoms with Crippen molar-refractivity contribution >= 4 is 19.4 Å². The molecular weight excluding hydrogens is 331 g/mol. The van der Waals surface area contributed by atoms with Gasteiger partial charge in [-0.05, 0) is 16.7 Å². The minimum Gasteiger partial charge on any atom is -0.460 e. The second kappa shape index (κ2) is 8.57. The number of phosphoric ester groups is 1. The number of benzene rings is 2. The van der Waals surface area contributed by atoms with Gasteiger partial charge in [-0.1, -0.05) is 60.7 Å². The molecule has 0 amide bonds. The summed E-state index contributed by atoms with van der Waals surface area (Å²) in [6.07, 6.45) is 1.35. The molecule has 2 rings (SSSR count). The van der Waals surface area contributed by atoms with Crippen molar-refractivity contribution in [2.75, 3.05) is 13.2 Å². The summed E-state index contributed by atoms with van der Waals surface area (Å²) in [6.45, 7) is -0.632. The first-order valence-electron chi connectivity index (χ1n) is 7.15. The molecule has 2 aromatic carbocycles. The van der Waals surface area contributed by atoms with Crippen molar-refractivity contribution in [1.82, 2.24) is 0 Å². The number of esters is 1. The third-order valence-corrected chi connectivity index (χ3v) is 3.54. The molecule has 0 bridgehead atoms. The third kappa shape index (κ3) is 6.10. The van der Waals surface area contributed by atoms with E-state index in [2.05, 4.69) is 4.52 Å². The van der Waals surface area contributed by atoms with Gasteiger partial charge >= 0.3 is 13.8 Å². The molecule has 0 aliphatic rings. The highest BCUT2D eigenvalue weighted by atomic mass is 31.2. The van der Waals surface area contributed by atoms with Crippen molar-refractivity contribution in [1.29, 1.82) is 0 Å². The second-order valence-electron chi connectivity index (χ2n) is 4.78. The van der Waals surface area contributed by atoms with Crippen molar-refractivity contribution in [3.63, 3.8) is 0 Å². The van der Waals surface area contributed by atoms with E-state index in [0.29, 0.717) is 5.57 Å². The van der Waals surface area contributed by atoms with Gasteiger partial charge in [-0.2, -0.15) is 0 Å². The fraction of sp³-hybridized carbons (Fsp3) is 0.118. The first kappa shape index (κ1) is 18.1. The number of phosphoric acid groups is 1. The Morgan fingerprint density at radius 1 is 0.917 bits per heavy atom. The van der Waals surface area contributed by atoms with Gasteiger partial charge in [0.05, 0.1) is 6.61 Å². The summed E-state index contributed by atoms with van der Waals surface area (Å²) in [6, 6.07) is 18.7. The Hall–Kier alpha value is -2.24. The van der Waals surface area contributed by atoms with Crippen LogP contribution in [0.25, 0.3) is 5.57 Å². The van der Waals surface area contributed by atoms with Gasteiger partial charge in [-0.3, -0.25) is 4.52 Å². The largest absolute Gasteiger partial charge is 0.469 e. The number of hydrogen-bond donors (Lipinski definition) is 2. The molecule has 0 heterocycles. The zero-order valence-electron chi connectivity index (χ0n) is 12.7. The molecule has 2 aromatic rings. The van der Waals surface area contributed by atoms with Crippen LogP contribution in [0.4, 0.5) is 0 Å². The van der Waals surface area contributed by atoms with Crippen LogP contribution in [-0.4, -0.2) is 29.0 Å². The summed E-state index contributed by atoms with van der Waals surface area (Å²) in [5.41, 5.74) is 2.40. The molecule has 7 heteroatoms. The molecule has 0 unspecified atom stereocenters. The highest BCUT2D eigenvalue weighted by molar-refractivity contribution is 7.46. The molecule has 0 aliphatic carbocycles. The van der Waals surface area contributed by atoms with E-state index < -0.39 is 13.8 Å². The fourth-order valence-corrected chi connectivity index (χ4v) is 2.34. The van der Waals surface area contributed by atoms with Crippen molar-refractivity contribution in [3.05, 3.63) is 77.9 Å². The van der Waals surface area contributed by atoms with Gasteiger partial charge in [-0.25, -0.2) is 9.36 Å². The van der Waals surface area contributed by atoms with Gasteiger partial charge < -0.3 is 14.5 Å². The van der Waals surface area contributed by atoms with Gasteiger partial charge in [0.25, 0.3) is 0 Å². The minimum atomic E-state index is -4.56. The lowest BCUT2D eigenvalue weighted by Crippen LogP contribution is -2.08. The van der Waals surface area contributed by atoms with E-state index >= 15 is 0 Å².